The van der Waals surface area contributed by atoms with Crippen LogP contribution in [-0.2, 0) is 17.7 Å². The van der Waals surface area contributed by atoms with E-state index >= 15 is 0 Å². The molecular weight excluding hydrogens is 214 g/mol. The fourth-order valence-electron chi connectivity index (χ4n) is 2.17. The van der Waals surface area contributed by atoms with Gasteiger partial charge in [0.1, 0.15) is 11.5 Å². The average Bonchev–Trinajstić information content (AvgIpc) is 2.96. The summed E-state index contributed by atoms with van der Waals surface area (Å²) in [6, 6.07) is 4.13. The molecular formula is C14H23NO2. The van der Waals surface area contributed by atoms with Gasteiger partial charge in [-0.3, -0.25) is 0 Å². The van der Waals surface area contributed by atoms with Crippen molar-refractivity contribution in [2.24, 2.45) is 5.41 Å². The molecule has 0 aromatic carbocycles. The second-order valence-electron chi connectivity index (χ2n) is 5.07. The SMILES string of the molecule is CCc1ccc(CNCC2(CCOC)CC2)o1. The van der Waals surface area contributed by atoms with E-state index in [2.05, 4.69) is 24.4 Å². The Labute approximate surface area is 104 Å². The quantitative estimate of drug-likeness (QED) is 0.755. The predicted octanol–water partition coefficient (Wildman–Crippen LogP) is 2.75. The molecule has 1 N–H and O–H groups in total. The van der Waals surface area contributed by atoms with Crippen LogP contribution in [0.3, 0.4) is 0 Å². The standard InChI is InChI=1S/C14H23NO2/c1-3-12-4-5-13(17-12)10-15-11-14(6-7-14)8-9-16-2/h4-5,15H,3,6-11H2,1-2H3. The smallest absolute Gasteiger partial charge is 0.117 e. The van der Waals surface area contributed by atoms with Crippen molar-refractivity contribution < 1.29 is 9.15 Å². The fraction of sp³-hybridized carbons (Fsp3) is 0.714. The first kappa shape index (κ1) is 12.7. The van der Waals surface area contributed by atoms with E-state index in [4.69, 9.17) is 9.15 Å². The molecule has 0 spiro atoms. The van der Waals surface area contributed by atoms with Crippen molar-refractivity contribution in [3.8, 4) is 0 Å². The third-order valence-corrected chi connectivity index (χ3v) is 3.66. The van der Waals surface area contributed by atoms with Crippen molar-refractivity contribution in [3.05, 3.63) is 23.7 Å². The molecule has 1 saturated carbocycles. The molecule has 1 aromatic rings. The zero-order valence-corrected chi connectivity index (χ0v) is 10.9. The zero-order valence-electron chi connectivity index (χ0n) is 10.9. The Morgan fingerprint density at radius 1 is 1.35 bits per heavy atom. The van der Waals surface area contributed by atoms with Crippen molar-refractivity contribution in [2.75, 3.05) is 20.3 Å². The largest absolute Gasteiger partial charge is 0.465 e. The molecule has 0 unspecified atom stereocenters. The first-order valence-corrected chi connectivity index (χ1v) is 6.55. The molecule has 3 nitrogen and oxygen atoms in total. The van der Waals surface area contributed by atoms with E-state index in [9.17, 15) is 0 Å². The Bertz CT molecular complexity index is 342. The Morgan fingerprint density at radius 2 is 2.12 bits per heavy atom. The van der Waals surface area contributed by atoms with Gasteiger partial charge in [-0.25, -0.2) is 0 Å². The van der Waals surface area contributed by atoms with Crippen LogP contribution in [0.2, 0.25) is 0 Å². The van der Waals surface area contributed by atoms with Gasteiger partial charge in [0, 0.05) is 26.7 Å². The predicted molar refractivity (Wildman–Crippen MR) is 68.0 cm³/mol. The second kappa shape index (κ2) is 5.69. The Balaban J connectivity index is 1.69. The van der Waals surface area contributed by atoms with Gasteiger partial charge in [0.05, 0.1) is 6.54 Å². The van der Waals surface area contributed by atoms with Crippen LogP contribution in [0.25, 0.3) is 0 Å². The van der Waals surface area contributed by atoms with Crippen molar-refractivity contribution in [1.29, 1.82) is 0 Å². The van der Waals surface area contributed by atoms with E-state index in [-0.39, 0.29) is 0 Å². The average molecular weight is 237 g/mol. The van der Waals surface area contributed by atoms with E-state index in [0.29, 0.717) is 5.41 Å². The number of hydrogen-bond donors (Lipinski definition) is 1. The minimum Gasteiger partial charge on any atom is -0.465 e. The Kier molecular flexibility index (Phi) is 4.24. The summed E-state index contributed by atoms with van der Waals surface area (Å²) in [5.74, 6) is 2.12. The summed E-state index contributed by atoms with van der Waals surface area (Å²) in [5.41, 5.74) is 0.510. The van der Waals surface area contributed by atoms with E-state index in [1.54, 1.807) is 7.11 Å². The van der Waals surface area contributed by atoms with Gasteiger partial charge in [0.25, 0.3) is 0 Å². The fourth-order valence-corrected chi connectivity index (χ4v) is 2.17. The van der Waals surface area contributed by atoms with Crippen LogP contribution in [0, 0.1) is 5.41 Å². The maximum Gasteiger partial charge on any atom is 0.117 e. The van der Waals surface area contributed by atoms with E-state index in [1.165, 1.54) is 19.3 Å². The van der Waals surface area contributed by atoms with E-state index < -0.39 is 0 Å². The first-order chi connectivity index (χ1) is 8.28. The lowest BCUT2D eigenvalue weighted by atomic mass is 10.0. The molecule has 1 fully saturated rings. The molecule has 0 radical (unpaired) electrons. The number of rotatable bonds is 8. The topological polar surface area (TPSA) is 34.4 Å². The summed E-state index contributed by atoms with van der Waals surface area (Å²) in [4.78, 5) is 0. The number of furan rings is 1. The molecule has 96 valence electrons. The molecule has 1 aliphatic carbocycles. The molecule has 0 bridgehead atoms. The van der Waals surface area contributed by atoms with Crippen molar-refractivity contribution >= 4 is 0 Å². The second-order valence-corrected chi connectivity index (χ2v) is 5.07. The molecule has 17 heavy (non-hydrogen) atoms. The van der Waals surface area contributed by atoms with Gasteiger partial charge in [-0.05, 0) is 36.8 Å². The third kappa shape index (κ3) is 3.58. The minimum absolute atomic E-state index is 0.510. The molecule has 0 atom stereocenters. The number of aryl methyl sites for hydroxylation is 1. The Morgan fingerprint density at radius 3 is 2.71 bits per heavy atom. The lowest BCUT2D eigenvalue weighted by molar-refractivity contribution is 0.171. The summed E-state index contributed by atoms with van der Waals surface area (Å²) in [5, 5.41) is 3.50. The van der Waals surface area contributed by atoms with Crippen LogP contribution >= 0.6 is 0 Å². The van der Waals surface area contributed by atoms with Crippen molar-refractivity contribution in [1.82, 2.24) is 5.32 Å². The van der Waals surface area contributed by atoms with Gasteiger partial charge in [-0.2, -0.15) is 0 Å². The summed E-state index contributed by atoms with van der Waals surface area (Å²) in [6.45, 7) is 4.91. The van der Waals surface area contributed by atoms with Crippen LogP contribution < -0.4 is 5.32 Å². The first-order valence-electron chi connectivity index (χ1n) is 6.55. The van der Waals surface area contributed by atoms with Crippen LogP contribution in [-0.4, -0.2) is 20.3 Å². The number of hydrogen-bond acceptors (Lipinski definition) is 3. The molecule has 3 heteroatoms. The molecule has 0 saturated heterocycles. The van der Waals surface area contributed by atoms with E-state index in [0.717, 1.165) is 37.6 Å². The molecule has 2 rings (SSSR count). The van der Waals surface area contributed by atoms with Gasteiger partial charge in [-0.1, -0.05) is 6.92 Å². The lowest BCUT2D eigenvalue weighted by Gasteiger charge is -2.14. The molecule has 0 amide bonds. The lowest BCUT2D eigenvalue weighted by Crippen LogP contribution is -2.24. The highest BCUT2D eigenvalue weighted by Gasteiger charge is 2.41. The monoisotopic (exact) mass is 237 g/mol. The highest BCUT2D eigenvalue weighted by Crippen LogP contribution is 2.48. The molecule has 1 heterocycles. The molecule has 1 aromatic heterocycles. The minimum atomic E-state index is 0.510. The number of nitrogens with one attached hydrogen (secondary N) is 1. The third-order valence-electron chi connectivity index (χ3n) is 3.66. The number of ether oxygens (including phenoxy) is 1. The van der Waals surface area contributed by atoms with Crippen molar-refractivity contribution in [3.63, 3.8) is 0 Å². The zero-order chi connectivity index (χ0) is 12.1. The maximum absolute atomic E-state index is 5.66. The van der Waals surface area contributed by atoms with E-state index in [1.807, 2.05) is 0 Å². The van der Waals surface area contributed by atoms with Gasteiger partial charge >= 0.3 is 0 Å². The van der Waals surface area contributed by atoms with Crippen molar-refractivity contribution in [2.45, 2.75) is 39.2 Å². The van der Waals surface area contributed by atoms with Crippen LogP contribution in [0.5, 0.6) is 0 Å². The van der Waals surface area contributed by atoms with Crippen LogP contribution in [0.1, 0.15) is 37.7 Å². The van der Waals surface area contributed by atoms with Gasteiger partial charge in [0.15, 0.2) is 0 Å². The normalized spacial score (nSPS) is 17.3. The Hall–Kier alpha value is -0.800. The van der Waals surface area contributed by atoms with Gasteiger partial charge < -0.3 is 14.5 Å². The molecule has 1 aliphatic rings. The van der Waals surface area contributed by atoms with Gasteiger partial charge in [-0.15, -0.1) is 0 Å². The number of methoxy groups -OCH3 is 1. The highest BCUT2D eigenvalue weighted by atomic mass is 16.5. The highest BCUT2D eigenvalue weighted by molar-refractivity contribution is 5.07. The summed E-state index contributed by atoms with van der Waals surface area (Å²) in [6.07, 6.45) is 4.82. The van der Waals surface area contributed by atoms with Gasteiger partial charge in [0.2, 0.25) is 0 Å². The summed E-state index contributed by atoms with van der Waals surface area (Å²) < 4.78 is 10.8. The summed E-state index contributed by atoms with van der Waals surface area (Å²) >= 11 is 0. The molecule has 0 aliphatic heterocycles. The maximum atomic E-state index is 5.66. The summed E-state index contributed by atoms with van der Waals surface area (Å²) in [7, 11) is 1.78. The van der Waals surface area contributed by atoms with Crippen LogP contribution in [0.4, 0.5) is 0 Å². The van der Waals surface area contributed by atoms with Crippen LogP contribution in [0.15, 0.2) is 16.5 Å².